The Balaban J connectivity index is 2.49. The quantitative estimate of drug-likeness (QED) is 0.844. The van der Waals surface area contributed by atoms with E-state index in [-0.39, 0.29) is 11.6 Å². The lowest BCUT2D eigenvalue weighted by Gasteiger charge is -2.24. The Morgan fingerprint density at radius 2 is 1.95 bits per heavy atom. The molecule has 0 spiro atoms. The van der Waals surface area contributed by atoms with Crippen molar-refractivity contribution >= 4 is 34.1 Å². The van der Waals surface area contributed by atoms with Crippen molar-refractivity contribution in [3.8, 4) is 0 Å². The summed E-state index contributed by atoms with van der Waals surface area (Å²) in [6.45, 7) is 2.72. The zero-order chi connectivity index (χ0) is 15.6. The van der Waals surface area contributed by atoms with Crippen molar-refractivity contribution in [2.75, 3.05) is 14.1 Å². The molecule has 1 aromatic carbocycles. The minimum Gasteiger partial charge on any atom is -0.305 e. The van der Waals surface area contributed by atoms with Crippen LogP contribution >= 0.6 is 23.2 Å². The summed E-state index contributed by atoms with van der Waals surface area (Å²) in [4.78, 5) is 19.1. The predicted molar refractivity (Wildman–Crippen MR) is 88.4 cm³/mol. The molecule has 0 amide bonds. The maximum absolute atomic E-state index is 12.6. The van der Waals surface area contributed by atoms with Gasteiger partial charge in [-0.2, -0.15) is 0 Å². The van der Waals surface area contributed by atoms with Gasteiger partial charge in [0.2, 0.25) is 0 Å². The fourth-order valence-electron chi connectivity index (χ4n) is 2.40. The van der Waals surface area contributed by atoms with Gasteiger partial charge in [-0.25, -0.2) is 4.98 Å². The molecule has 0 aliphatic carbocycles. The first-order chi connectivity index (χ1) is 9.95. The first-order valence-electron chi connectivity index (χ1n) is 6.95. The van der Waals surface area contributed by atoms with Crippen LogP contribution in [-0.2, 0) is 6.54 Å². The van der Waals surface area contributed by atoms with Gasteiger partial charge in [0.05, 0.1) is 27.3 Å². The van der Waals surface area contributed by atoms with E-state index in [0.29, 0.717) is 27.5 Å². The van der Waals surface area contributed by atoms with Crippen LogP contribution in [0.3, 0.4) is 0 Å². The van der Waals surface area contributed by atoms with Gasteiger partial charge >= 0.3 is 0 Å². The maximum atomic E-state index is 12.6. The number of nitrogens with zero attached hydrogens (tertiary/aromatic N) is 3. The molecule has 1 heterocycles. The smallest absolute Gasteiger partial charge is 0.262 e. The molecule has 1 aromatic heterocycles. The SMILES string of the molecule is CCCC(Cn1cnc2c(Cl)ccc(Cl)c2c1=O)N(C)C. The average molecular weight is 328 g/mol. The van der Waals surface area contributed by atoms with Crippen LogP contribution in [0.2, 0.25) is 10.0 Å². The molecule has 0 radical (unpaired) electrons. The molecule has 0 bridgehead atoms. The summed E-state index contributed by atoms with van der Waals surface area (Å²) in [5.74, 6) is 0. The van der Waals surface area contributed by atoms with Crippen molar-refractivity contribution in [1.82, 2.24) is 14.5 Å². The Morgan fingerprint density at radius 1 is 1.29 bits per heavy atom. The van der Waals surface area contributed by atoms with Gasteiger partial charge in [0.1, 0.15) is 0 Å². The Morgan fingerprint density at radius 3 is 2.57 bits per heavy atom. The van der Waals surface area contributed by atoms with Crippen LogP contribution in [0, 0.1) is 0 Å². The van der Waals surface area contributed by atoms with E-state index in [1.54, 1.807) is 23.0 Å². The number of halogens is 2. The first kappa shape index (κ1) is 16.3. The number of hydrogen-bond acceptors (Lipinski definition) is 3. The number of benzene rings is 1. The van der Waals surface area contributed by atoms with Crippen molar-refractivity contribution in [1.29, 1.82) is 0 Å². The summed E-state index contributed by atoms with van der Waals surface area (Å²) >= 11 is 12.2. The third-order valence-corrected chi connectivity index (χ3v) is 4.26. The van der Waals surface area contributed by atoms with Gasteiger partial charge in [0, 0.05) is 12.6 Å². The molecular weight excluding hydrogens is 309 g/mol. The normalized spacial score (nSPS) is 13.0. The molecular formula is C15H19Cl2N3O. The molecule has 0 aliphatic heterocycles. The van der Waals surface area contributed by atoms with E-state index in [2.05, 4.69) is 16.8 Å². The molecule has 21 heavy (non-hydrogen) atoms. The van der Waals surface area contributed by atoms with E-state index < -0.39 is 0 Å². The minimum absolute atomic E-state index is 0.143. The van der Waals surface area contributed by atoms with E-state index in [1.807, 2.05) is 14.1 Å². The third kappa shape index (κ3) is 3.39. The standard InChI is InChI=1S/C15H19Cl2N3O/c1-4-5-10(19(2)3)8-20-9-18-14-12(17)7-6-11(16)13(14)15(20)21/h6-7,9-10H,4-5,8H2,1-3H3. The molecule has 1 atom stereocenters. The highest BCUT2D eigenvalue weighted by atomic mass is 35.5. The number of aromatic nitrogens is 2. The van der Waals surface area contributed by atoms with E-state index in [4.69, 9.17) is 23.2 Å². The van der Waals surface area contributed by atoms with Gasteiger partial charge in [-0.3, -0.25) is 9.36 Å². The van der Waals surface area contributed by atoms with E-state index in [9.17, 15) is 4.79 Å². The van der Waals surface area contributed by atoms with Gasteiger partial charge in [-0.05, 0) is 32.6 Å². The van der Waals surface area contributed by atoms with Gasteiger partial charge in [-0.15, -0.1) is 0 Å². The van der Waals surface area contributed by atoms with E-state index in [1.165, 1.54) is 0 Å². The Hall–Kier alpha value is -1.10. The van der Waals surface area contributed by atoms with E-state index >= 15 is 0 Å². The summed E-state index contributed by atoms with van der Waals surface area (Å²) in [6.07, 6.45) is 3.63. The maximum Gasteiger partial charge on any atom is 0.262 e. The highest BCUT2D eigenvalue weighted by Gasteiger charge is 2.15. The summed E-state index contributed by atoms with van der Waals surface area (Å²) in [5.41, 5.74) is 0.317. The van der Waals surface area contributed by atoms with Crippen LogP contribution in [0.5, 0.6) is 0 Å². The molecule has 1 unspecified atom stereocenters. The van der Waals surface area contributed by atoms with Crippen molar-refractivity contribution in [3.63, 3.8) is 0 Å². The molecule has 0 fully saturated rings. The lowest BCUT2D eigenvalue weighted by Crippen LogP contribution is -2.36. The van der Waals surface area contributed by atoms with Crippen LogP contribution in [0.25, 0.3) is 10.9 Å². The van der Waals surface area contributed by atoms with Gasteiger partial charge in [0.15, 0.2) is 0 Å². The van der Waals surface area contributed by atoms with E-state index in [0.717, 1.165) is 12.8 Å². The molecule has 0 saturated heterocycles. The first-order valence-corrected chi connectivity index (χ1v) is 7.70. The third-order valence-electron chi connectivity index (χ3n) is 3.64. The highest BCUT2D eigenvalue weighted by Crippen LogP contribution is 2.25. The number of fused-ring (bicyclic) bond motifs is 1. The second-order valence-corrected chi connectivity index (χ2v) is 6.18. The summed E-state index contributed by atoms with van der Waals surface area (Å²) < 4.78 is 1.62. The van der Waals surface area contributed by atoms with Gasteiger partial charge < -0.3 is 4.90 Å². The zero-order valence-electron chi connectivity index (χ0n) is 12.4. The molecule has 6 heteroatoms. The highest BCUT2D eigenvalue weighted by molar-refractivity contribution is 6.39. The van der Waals surface area contributed by atoms with Gasteiger partial charge in [0.25, 0.3) is 5.56 Å². The molecule has 2 aromatic rings. The monoisotopic (exact) mass is 327 g/mol. The molecule has 0 saturated carbocycles. The van der Waals surface area contributed by atoms with Crippen LogP contribution in [-0.4, -0.2) is 34.6 Å². The summed E-state index contributed by atoms with van der Waals surface area (Å²) in [6, 6.07) is 3.57. The molecule has 4 nitrogen and oxygen atoms in total. The van der Waals surface area contributed by atoms with Crippen molar-refractivity contribution in [2.45, 2.75) is 32.4 Å². The number of likely N-dealkylation sites (N-methyl/N-ethyl adjacent to an activating group) is 1. The van der Waals surface area contributed by atoms with Crippen molar-refractivity contribution in [3.05, 3.63) is 38.9 Å². The predicted octanol–water partition coefficient (Wildman–Crippen LogP) is 3.43. The largest absolute Gasteiger partial charge is 0.305 e. The zero-order valence-corrected chi connectivity index (χ0v) is 13.9. The fourth-order valence-corrected chi connectivity index (χ4v) is 2.84. The topological polar surface area (TPSA) is 38.1 Å². The molecule has 0 aliphatic rings. The van der Waals surface area contributed by atoms with Gasteiger partial charge in [-0.1, -0.05) is 36.5 Å². The summed E-state index contributed by atoms with van der Waals surface area (Å²) in [5, 5.41) is 1.22. The Kier molecular flexibility index (Phi) is 5.25. The second kappa shape index (κ2) is 6.77. The van der Waals surface area contributed by atoms with Crippen molar-refractivity contribution < 1.29 is 0 Å². The number of hydrogen-bond donors (Lipinski definition) is 0. The fraction of sp³-hybridized carbons (Fsp3) is 0.467. The minimum atomic E-state index is -0.143. The number of rotatable bonds is 5. The molecule has 2 rings (SSSR count). The average Bonchev–Trinajstić information content (AvgIpc) is 2.44. The van der Waals surface area contributed by atoms with Crippen LogP contribution < -0.4 is 5.56 Å². The van der Waals surface area contributed by atoms with Crippen LogP contribution in [0.15, 0.2) is 23.3 Å². The van der Waals surface area contributed by atoms with Crippen LogP contribution in [0.1, 0.15) is 19.8 Å². The second-order valence-electron chi connectivity index (χ2n) is 5.36. The Bertz CT molecular complexity index is 697. The molecule has 114 valence electrons. The molecule has 0 N–H and O–H groups in total. The lowest BCUT2D eigenvalue weighted by atomic mass is 10.1. The summed E-state index contributed by atoms with van der Waals surface area (Å²) in [7, 11) is 4.04. The Labute approximate surface area is 134 Å². The lowest BCUT2D eigenvalue weighted by molar-refractivity contribution is 0.246. The van der Waals surface area contributed by atoms with Crippen molar-refractivity contribution in [2.24, 2.45) is 0 Å². The van der Waals surface area contributed by atoms with Crippen LogP contribution in [0.4, 0.5) is 0 Å².